The minimum Gasteiger partial charge on any atom is -0.481 e. The van der Waals surface area contributed by atoms with Crippen LogP contribution in [0.5, 0.6) is 0 Å². The lowest BCUT2D eigenvalue weighted by Crippen LogP contribution is -2.01. The molecule has 0 unspecified atom stereocenters. The highest BCUT2D eigenvalue weighted by molar-refractivity contribution is 5.66. The van der Waals surface area contributed by atoms with Crippen LogP contribution < -0.4 is 0 Å². The zero-order chi connectivity index (χ0) is 15.8. The topological polar surface area (TPSA) is 57.5 Å². The van der Waals surface area contributed by atoms with Crippen molar-refractivity contribution in [2.24, 2.45) is 0 Å². The molecule has 0 amide bonds. The Morgan fingerprint density at radius 3 is 2.29 bits per heavy atom. The van der Waals surface area contributed by atoms with E-state index in [2.05, 4.69) is 13.0 Å². The van der Waals surface area contributed by atoms with Crippen molar-refractivity contribution in [3.8, 4) is 0 Å². The predicted octanol–water partition coefficient (Wildman–Crippen LogP) is 5.08. The van der Waals surface area contributed by atoms with E-state index >= 15 is 0 Å². The van der Waals surface area contributed by atoms with Crippen LogP contribution in [0.4, 0.5) is 0 Å². The Kier molecular flexibility index (Phi) is 14.9. The number of carboxylic acid groups (broad SMARTS) is 1. The van der Waals surface area contributed by atoms with Gasteiger partial charge in [-0.1, -0.05) is 70.4 Å². The number of hydrogen-bond donors (Lipinski definition) is 2. The third-order valence-corrected chi connectivity index (χ3v) is 3.72. The van der Waals surface area contributed by atoms with Gasteiger partial charge in [0.25, 0.3) is 0 Å². The summed E-state index contributed by atoms with van der Waals surface area (Å²) < 4.78 is 0. The second kappa shape index (κ2) is 15.6. The van der Waals surface area contributed by atoms with Crippen LogP contribution in [0.3, 0.4) is 0 Å². The van der Waals surface area contributed by atoms with Gasteiger partial charge in [-0.15, -0.1) is 0 Å². The smallest absolute Gasteiger partial charge is 0.303 e. The molecule has 0 aliphatic carbocycles. The van der Waals surface area contributed by atoms with Crippen molar-refractivity contribution in [3.63, 3.8) is 0 Å². The second-order valence-electron chi connectivity index (χ2n) is 5.90. The average molecular weight is 298 g/mol. The predicted molar refractivity (Wildman–Crippen MR) is 88.5 cm³/mol. The van der Waals surface area contributed by atoms with E-state index < -0.39 is 5.97 Å². The summed E-state index contributed by atoms with van der Waals surface area (Å²) in [5.41, 5.74) is 0. The first-order valence-electron chi connectivity index (χ1n) is 8.73. The van der Waals surface area contributed by atoms with Crippen molar-refractivity contribution in [2.75, 3.05) is 0 Å². The Balaban J connectivity index is 3.29. The zero-order valence-corrected chi connectivity index (χ0v) is 13.7. The first-order valence-corrected chi connectivity index (χ1v) is 8.73. The van der Waals surface area contributed by atoms with Crippen LogP contribution >= 0.6 is 0 Å². The van der Waals surface area contributed by atoms with Gasteiger partial charge in [0.05, 0.1) is 6.10 Å². The van der Waals surface area contributed by atoms with E-state index in [9.17, 15) is 9.90 Å². The van der Waals surface area contributed by atoms with Gasteiger partial charge in [-0.2, -0.15) is 0 Å². The van der Waals surface area contributed by atoms with E-state index in [1.807, 2.05) is 6.08 Å². The minimum atomic E-state index is -0.703. The van der Waals surface area contributed by atoms with Gasteiger partial charge in [-0.3, -0.25) is 4.79 Å². The van der Waals surface area contributed by atoms with E-state index in [4.69, 9.17) is 5.11 Å². The van der Waals surface area contributed by atoms with Crippen molar-refractivity contribution in [2.45, 2.75) is 96.5 Å². The van der Waals surface area contributed by atoms with E-state index in [0.29, 0.717) is 0 Å². The molecule has 0 radical (unpaired) electrons. The Morgan fingerprint density at radius 2 is 1.57 bits per heavy atom. The molecule has 0 aliphatic rings. The van der Waals surface area contributed by atoms with Crippen LogP contribution in [-0.4, -0.2) is 22.3 Å². The largest absolute Gasteiger partial charge is 0.481 e. The van der Waals surface area contributed by atoms with Gasteiger partial charge in [-0.05, 0) is 25.7 Å². The van der Waals surface area contributed by atoms with E-state index in [1.165, 1.54) is 32.1 Å². The zero-order valence-electron chi connectivity index (χ0n) is 13.7. The molecular formula is C18H34O3. The van der Waals surface area contributed by atoms with Crippen molar-refractivity contribution >= 4 is 5.97 Å². The highest BCUT2D eigenvalue weighted by Gasteiger charge is 2.00. The fraction of sp³-hybridized carbons (Fsp3) is 0.833. The molecule has 3 nitrogen and oxygen atoms in total. The summed E-state index contributed by atoms with van der Waals surface area (Å²) >= 11 is 0. The number of aliphatic hydroxyl groups excluding tert-OH is 1. The molecule has 0 saturated carbocycles. The molecule has 124 valence electrons. The van der Waals surface area contributed by atoms with Gasteiger partial charge < -0.3 is 10.2 Å². The molecule has 1 atom stereocenters. The Bertz CT molecular complexity index is 261. The fourth-order valence-corrected chi connectivity index (χ4v) is 2.38. The summed E-state index contributed by atoms with van der Waals surface area (Å²) in [5, 5.41) is 18.3. The number of rotatable bonds is 15. The molecule has 0 heterocycles. The van der Waals surface area contributed by atoms with Crippen LogP contribution in [0.15, 0.2) is 12.2 Å². The molecule has 3 heteroatoms. The van der Waals surface area contributed by atoms with Crippen molar-refractivity contribution in [3.05, 3.63) is 12.2 Å². The molecule has 0 fully saturated rings. The summed E-state index contributed by atoms with van der Waals surface area (Å²) in [6, 6.07) is 0. The lowest BCUT2D eigenvalue weighted by atomic mass is 10.1. The van der Waals surface area contributed by atoms with E-state index in [0.717, 1.165) is 44.9 Å². The number of carboxylic acids is 1. The summed E-state index contributed by atoms with van der Waals surface area (Å²) in [7, 11) is 0. The van der Waals surface area contributed by atoms with Gasteiger partial charge in [0.2, 0.25) is 0 Å². The lowest BCUT2D eigenvalue weighted by molar-refractivity contribution is -0.137. The lowest BCUT2D eigenvalue weighted by Gasteiger charge is -2.05. The number of carbonyl (C=O) groups is 1. The normalized spacial score (nSPS) is 12.9. The van der Waals surface area contributed by atoms with Crippen LogP contribution in [0.2, 0.25) is 0 Å². The SMILES string of the molecule is CCCCCCC/C=C/[C@H](O)CCCCCCCC(=O)O. The molecule has 0 rings (SSSR count). The Labute approximate surface area is 130 Å². The van der Waals surface area contributed by atoms with E-state index in [-0.39, 0.29) is 12.5 Å². The number of allylic oxidation sites excluding steroid dienone is 1. The molecule has 21 heavy (non-hydrogen) atoms. The summed E-state index contributed by atoms with van der Waals surface area (Å²) in [4.78, 5) is 10.3. The molecule has 0 aromatic rings. The Morgan fingerprint density at radius 1 is 0.952 bits per heavy atom. The average Bonchev–Trinajstić information content (AvgIpc) is 2.45. The van der Waals surface area contributed by atoms with Gasteiger partial charge in [-0.25, -0.2) is 0 Å². The number of unbranched alkanes of at least 4 members (excludes halogenated alkanes) is 9. The third-order valence-electron chi connectivity index (χ3n) is 3.72. The summed E-state index contributed by atoms with van der Waals surface area (Å²) in [6.45, 7) is 2.22. The number of aliphatic hydroxyl groups is 1. The Hall–Kier alpha value is -0.830. The summed E-state index contributed by atoms with van der Waals surface area (Å²) in [5.74, 6) is -0.703. The molecule has 0 aromatic heterocycles. The van der Waals surface area contributed by atoms with Crippen molar-refractivity contribution in [1.29, 1.82) is 0 Å². The molecule has 0 aliphatic heterocycles. The van der Waals surface area contributed by atoms with Gasteiger partial charge in [0.15, 0.2) is 0 Å². The maximum atomic E-state index is 10.3. The first-order chi connectivity index (χ1) is 10.2. The molecule has 0 bridgehead atoms. The molecule has 2 N–H and O–H groups in total. The quantitative estimate of drug-likeness (QED) is 0.327. The first kappa shape index (κ1) is 20.2. The number of aliphatic carboxylic acids is 1. The van der Waals surface area contributed by atoms with Crippen molar-refractivity contribution in [1.82, 2.24) is 0 Å². The van der Waals surface area contributed by atoms with E-state index in [1.54, 1.807) is 0 Å². The summed E-state index contributed by atoms with van der Waals surface area (Å²) in [6.07, 6.45) is 17.3. The van der Waals surface area contributed by atoms with Crippen LogP contribution in [0, 0.1) is 0 Å². The highest BCUT2D eigenvalue weighted by Crippen LogP contribution is 2.10. The maximum absolute atomic E-state index is 10.3. The monoisotopic (exact) mass is 298 g/mol. The van der Waals surface area contributed by atoms with Gasteiger partial charge in [0, 0.05) is 6.42 Å². The third kappa shape index (κ3) is 17.1. The van der Waals surface area contributed by atoms with Gasteiger partial charge >= 0.3 is 5.97 Å². The van der Waals surface area contributed by atoms with Crippen molar-refractivity contribution < 1.29 is 15.0 Å². The molecule has 0 aromatic carbocycles. The molecule has 0 saturated heterocycles. The van der Waals surface area contributed by atoms with Crippen LogP contribution in [0.1, 0.15) is 90.4 Å². The van der Waals surface area contributed by atoms with Gasteiger partial charge in [0.1, 0.15) is 0 Å². The van der Waals surface area contributed by atoms with Crippen LogP contribution in [0.25, 0.3) is 0 Å². The minimum absolute atomic E-state index is 0.281. The molecule has 0 spiro atoms. The second-order valence-corrected chi connectivity index (χ2v) is 5.90. The molecular weight excluding hydrogens is 264 g/mol. The maximum Gasteiger partial charge on any atom is 0.303 e. The number of hydrogen-bond acceptors (Lipinski definition) is 2. The highest BCUT2D eigenvalue weighted by atomic mass is 16.4. The van der Waals surface area contributed by atoms with Crippen LogP contribution in [-0.2, 0) is 4.79 Å². The standard InChI is InChI=1S/C18H34O3/c1-2-3-4-5-6-8-11-14-17(19)15-12-9-7-10-13-16-18(20)21/h11,14,17,19H,2-10,12-13,15-16H2,1H3,(H,20,21)/b14-11+/t17-/m0/s1. The fourth-order valence-electron chi connectivity index (χ4n) is 2.38.